The van der Waals surface area contributed by atoms with Crippen molar-refractivity contribution in [1.82, 2.24) is 5.32 Å². The summed E-state index contributed by atoms with van der Waals surface area (Å²) < 4.78 is 5.82. The predicted octanol–water partition coefficient (Wildman–Crippen LogP) is 1.71. The number of ether oxygens (including phenoxy) is 1. The van der Waals surface area contributed by atoms with Crippen LogP contribution in [0.3, 0.4) is 0 Å². The molecule has 0 aliphatic carbocycles. The Morgan fingerprint density at radius 2 is 2.40 bits per heavy atom. The summed E-state index contributed by atoms with van der Waals surface area (Å²) in [6.45, 7) is -0.0193. The minimum atomic E-state index is -0.324. The number of halogens is 1. The van der Waals surface area contributed by atoms with Gasteiger partial charge in [0, 0.05) is 4.47 Å². The molecule has 5 heteroatoms. The zero-order valence-electron chi connectivity index (χ0n) is 8.08. The molecule has 0 aromatic heterocycles. The number of rotatable bonds is 3. The van der Waals surface area contributed by atoms with Crippen LogP contribution in [0.15, 0.2) is 22.7 Å². The minimum Gasteiger partial charge on any atom is -0.496 e. The van der Waals surface area contributed by atoms with Crippen molar-refractivity contribution >= 4 is 21.8 Å². The molecule has 4 nitrogen and oxygen atoms in total. The number of nitrogens with one attached hydrogen (secondary N) is 1. The molecule has 0 spiro atoms. The second kappa shape index (κ2) is 5.37. The maximum atomic E-state index is 11.6. The van der Waals surface area contributed by atoms with E-state index in [9.17, 15) is 4.79 Å². The van der Waals surface area contributed by atoms with Crippen LogP contribution in [0.25, 0.3) is 0 Å². The van der Waals surface area contributed by atoms with Crippen molar-refractivity contribution < 1.29 is 9.53 Å². The van der Waals surface area contributed by atoms with Crippen LogP contribution < -0.4 is 10.1 Å². The van der Waals surface area contributed by atoms with Gasteiger partial charge in [0.25, 0.3) is 5.91 Å². The van der Waals surface area contributed by atoms with Gasteiger partial charge >= 0.3 is 0 Å². The minimum absolute atomic E-state index is 0.0193. The van der Waals surface area contributed by atoms with Crippen LogP contribution in [0.1, 0.15) is 10.4 Å². The van der Waals surface area contributed by atoms with E-state index in [-0.39, 0.29) is 12.5 Å². The maximum absolute atomic E-state index is 11.6. The van der Waals surface area contributed by atoms with E-state index in [0.29, 0.717) is 11.3 Å². The molecular formula is C10H9BrN2O2. The van der Waals surface area contributed by atoms with Gasteiger partial charge in [-0.15, -0.1) is 0 Å². The molecule has 0 atom stereocenters. The number of carbonyl (C=O) groups is 1. The number of carbonyl (C=O) groups excluding carboxylic acids is 1. The Kier molecular flexibility index (Phi) is 4.13. The van der Waals surface area contributed by atoms with Gasteiger partial charge in [-0.2, -0.15) is 5.26 Å². The Morgan fingerprint density at radius 3 is 3.00 bits per heavy atom. The third-order valence-electron chi connectivity index (χ3n) is 1.73. The number of nitriles is 1. The van der Waals surface area contributed by atoms with Crippen LogP contribution in [0.2, 0.25) is 0 Å². The van der Waals surface area contributed by atoms with E-state index in [1.807, 2.05) is 6.07 Å². The van der Waals surface area contributed by atoms with E-state index in [1.165, 1.54) is 7.11 Å². The van der Waals surface area contributed by atoms with E-state index in [1.54, 1.807) is 18.2 Å². The van der Waals surface area contributed by atoms with Crippen molar-refractivity contribution in [2.45, 2.75) is 0 Å². The number of hydrogen-bond acceptors (Lipinski definition) is 3. The van der Waals surface area contributed by atoms with Gasteiger partial charge in [0.15, 0.2) is 0 Å². The highest BCUT2D eigenvalue weighted by Gasteiger charge is 2.11. The Labute approximate surface area is 96.0 Å². The monoisotopic (exact) mass is 268 g/mol. The fraction of sp³-hybridized carbons (Fsp3) is 0.200. The molecule has 0 saturated carbocycles. The Balaban J connectivity index is 2.96. The number of nitrogens with zero attached hydrogens (tertiary/aromatic N) is 1. The normalized spacial score (nSPS) is 9.13. The highest BCUT2D eigenvalue weighted by Crippen LogP contribution is 2.22. The lowest BCUT2D eigenvalue weighted by Crippen LogP contribution is -2.24. The van der Waals surface area contributed by atoms with Gasteiger partial charge in [0.2, 0.25) is 0 Å². The van der Waals surface area contributed by atoms with Crippen LogP contribution >= 0.6 is 15.9 Å². The molecule has 1 amide bonds. The lowest BCUT2D eigenvalue weighted by molar-refractivity contribution is 0.0955. The number of amides is 1. The first kappa shape index (κ1) is 11.5. The van der Waals surface area contributed by atoms with Crippen LogP contribution in [0.4, 0.5) is 0 Å². The van der Waals surface area contributed by atoms with E-state index >= 15 is 0 Å². The highest BCUT2D eigenvalue weighted by atomic mass is 79.9. The number of methoxy groups -OCH3 is 1. The molecule has 1 aromatic rings. The summed E-state index contributed by atoms with van der Waals surface area (Å²) in [4.78, 5) is 11.6. The number of benzene rings is 1. The first-order valence-corrected chi connectivity index (χ1v) is 4.97. The fourth-order valence-electron chi connectivity index (χ4n) is 1.07. The molecule has 0 radical (unpaired) electrons. The summed E-state index contributed by atoms with van der Waals surface area (Å²) in [5.74, 6) is 0.156. The molecule has 0 fully saturated rings. The molecule has 0 aliphatic rings. The molecular weight excluding hydrogens is 260 g/mol. The summed E-state index contributed by atoms with van der Waals surface area (Å²) in [5, 5.41) is 10.8. The van der Waals surface area contributed by atoms with Crippen molar-refractivity contribution in [3.63, 3.8) is 0 Å². The summed E-state index contributed by atoms with van der Waals surface area (Å²) in [7, 11) is 1.49. The van der Waals surface area contributed by atoms with Crippen molar-refractivity contribution in [2.24, 2.45) is 0 Å². The standard InChI is InChI=1S/C10H9BrN2O2/c1-15-9-3-2-7(11)6-8(9)10(14)13-5-4-12/h2-3,6H,5H2,1H3,(H,13,14). The first-order valence-electron chi connectivity index (χ1n) is 4.17. The van der Waals surface area contributed by atoms with Crippen molar-refractivity contribution in [1.29, 1.82) is 5.26 Å². The SMILES string of the molecule is COc1ccc(Br)cc1C(=O)NCC#N. The number of hydrogen-bond donors (Lipinski definition) is 1. The topological polar surface area (TPSA) is 62.1 Å². The summed E-state index contributed by atoms with van der Waals surface area (Å²) in [6, 6.07) is 6.94. The molecule has 1 aromatic carbocycles. The Hall–Kier alpha value is -1.54. The van der Waals surface area contributed by atoms with Crippen molar-refractivity contribution in [3.8, 4) is 11.8 Å². The third kappa shape index (κ3) is 2.96. The summed E-state index contributed by atoms with van der Waals surface area (Å²) in [5.41, 5.74) is 0.405. The average Bonchev–Trinajstić information content (AvgIpc) is 2.25. The predicted molar refractivity (Wildman–Crippen MR) is 58.6 cm³/mol. The maximum Gasteiger partial charge on any atom is 0.255 e. The molecule has 0 unspecified atom stereocenters. The molecule has 1 rings (SSSR count). The van der Waals surface area contributed by atoms with Crippen molar-refractivity contribution in [3.05, 3.63) is 28.2 Å². The second-order valence-corrected chi connectivity index (χ2v) is 3.60. The largest absolute Gasteiger partial charge is 0.496 e. The van der Waals surface area contributed by atoms with Crippen molar-refractivity contribution in [2.75, 3.05) is 13.7 Å². The molecule has 15 heavy (non-hydrogen) atoms. The molecule has 78 valence electrons. The summed E-state index contributed by atoms with van der Waals surface area (Å²) in [6.07, 6.45) is 0. The van der Waals surface area contributed by atoms with E-state index in [2.05, 4.69) is 21.2 Å². The Morgan fingerprint density at radius 1 is 1.67 bits per heavy atom. The van der Waals surface area contributed by atoms with Crippen LogP contribution in [-0.4, -0.2) is 19.6 Å². The molecule has 0 saturated heterocycles. The molecule has 0 aliphatic heterocycles. The second-order valence-electron chi connectivity index (χ2n) is 2.69. The zero-order chi connectivity index (χ0) is 11.3. The molecule has 0 bridgehead atoms. The van der Waals surface area contributed by atoms with Crippen LogP contribution in [0.5, 0.6) is 5.75 Å². The van der Waals surface area contributed by atoms with Crippen LogP contribution in [-0.2, 0) is 0 Å². The summed E-state index contributed by atoms with van der Waals surface area (Å²) >= 11 is 3.26. The Bertz CT molecular complexity index is 412. The smallest absolute Gasteiger partial charge is 0.255 e. The fourth-order valence-corrected chi connectivity index (χ4v) is 1.43. The first-order chi connectivity index (χ1) is 7.19. The van der Waals surface area contributed by atoms with E-state index in [0.717, 1.165) is 4.47 Å². The molecule has 1 N–H and O–H groups in total. The van der Waals surface area contributed by atoms with Gasteiger partial charge in [-0.1, -0.05) is 15.9 Å². The van der Waals surface area contributed by atoms with Gasteiger partial charge in [0.05, 0.1) is 18.7 Å². The van der Waals surface area contributed by atoms with Gasteiger partial charge in [-0.05, 0) is 18.2 Å². The average molecular weight is 269 g/mol. The van der Waals surface area contributed by atoms with Crippen LogP contribution in [0, 0.1) is 11.3 Å². The lowest BCUT2D eigenvalue weighted by Gasteiger charge is -2.07. The van der Waals surface area contributed by atoms with Gasteiger partial charge in [-0.3, -0.25) is 4.79 Å². The van der Waals surface area contributed by atoms with Gasteiger partial charge in [0.1, 0.15) is 12.3 Å². The molecule has 0 heterocycles. The van der Waals surface area contributed by atoms with Gasteiger partial charge < -0.3 is 10.1 Å². The lowest BCUT2D eigenvalue weighted by atomic mass is 10.2. The highest BCUT2D eigenvalue weighted by molar-refractivity contribution is 9.10. The zero-order valence-corrected chi connectivity index (χ0v) is 9.67. The van der Waals surface area contributed by atoms with Gasteiger partial charge in [-0.25, -0.2) is 0 Å². The third-order valence-corrected chi connectivity index (χ3v) is 2.23. The van der Waals surface area contributed by atoms with E-state index in [4.69, 9.17) is 10.00 Å². The quantitative estimate of drug-likeness (QED) is 0.850. The van der Waals surface area contributed by atoms with E-state index < -0.39 is 0 Å².